The molecule has 2 aromatic carbocycles. The minimum absolute atomic E-state index is 0. The molecule has 0 amide bonds. The number of benzene rings is 2. The number of Topliss-reactive ketones (excluding diaryl/α,β-unsaturated/α-hetero) is 1. The van der Waals surface area contributed by atoms with Crippen LogP contribution in [0.4, 0.5) is 0 Å². The van der Waals surface area contributed by atoms with Gasteiger partial charge in [-0.15, -0.1) is 0 Å². The van der Waals surface area contributed by atoms with E-state index < -0.39 is 5.60 Å². The van der Waals surface area contributed by atoms with Gasteiger partial charge in [-0.1, -0.05) is 12.1 Å². The van der Waals surface area contributed by atoms with E-state index in [4.69, 9.17) is 9.47 Å². The Hall–Kier alpha value is -1.96. The Morgan fingerprint density at radius 3 is 1.74 bits per heavy atom. The molecule has 2 rings (SSSR count). The average Bonchev–Trinajstić information content (AvgIpc) is 2.53. The molecule has 0 fully saturated rings. The van der Waals surface area contributed by atoms with Gasteiger partial charge in [-0.25, -0.2) is 0 Å². The van der Waals surface area contributed by atoms with Gasteiger partial charge in [0.25, 0.3) is 0 Å². The number of ether oxygens (including phenoxy) is 2. The van der Waals surface area contributed by atoms with Gasteiger partial charge in [-0.3, -0.25) is 4.79 Å². The van der Waals surface area contributed by atoms with E-state index in [1.807, 2.05) is 0 Å². The second kappa shape index (κ2) is 11.7. The second-order valence-electron chi connectivity index (χ2n) is 5.82. The largest absolute Gasteiger partial charge is 2.00 e. The maximum atomic E-state index is 11.0. The number of methoxy groups -OCH3 is 2. The molecule has 2 aromatic rings. The number of rotatable bonds is 4. The smallest absolute Gasteiger partial charge is 1.00 e. The number of aliphatic hydroxyl groups is 1. The maximum absolute atomic E-state index is 11.0. The summed E-state index contributed by atoms with van der Waals surface area (Å²) < 4.78 is 9.94. The molecule has 0 aliphatic rings. The number of hydrogen-bond acceptors (Lipinski definition) is 6. The number of ketones is 1. The van der Waals surface area contributed by atoms with Gasteiger partial charge in [0, 0.05) is 0 Å². The first-order chi connectivity index (χ1) is 11.6. The standard InChI is InChI=1S/C10H14O3.C9H10O3.CH3.Mg.H/c1-10(2,12)9-7(11)5-4-6-8(9)13-3;1-6(10)9-7(11)4-3-5-8(9)12-2;;;/h4-6,11-12H,1-3H3;3-5,11H,1-2H3;1H3;;/q;;-1;+2;-1. The fourth-order valence-corrected chi connectivity index (χ4v) is 2.35. The Bertz CT molecular complexity index is 744. The van der Waals surface area contributed by atoms with Crippen LogP contribution in [-0.2, 0) is 5.60 Å². The molecule has 0 atom stereocenters. The van der Waals surface area contributed by atoms with E-state index in [0.717, 1.165) is 0 Å². The summed E-state index contributed by atoms with van der Waals surface area (Å²) in [4.78, 5) is 11.0. The summed E-state index contributed by atoms with van der Waals surface area (Å²) in [6.07, 6.45) is 0. The van der Waals surface area contributed by atoms with Crippen molar-refractivity contribution in [3.8, 4) is 23.0 Å². The van der Waals surface area contributed by atoms with Crippen LogP contribution < -0.4 is 9.47 Å². The molecular weight excluding hydrogens is 361 g/mol. The van der Waals surface area contributed by atoms with Crippen molar-refractivity contribution < 1.29 is 31.0 Å². The maximum Gasteiger partial charge on any atom is 2.00 e. The number of phenolic OH excluding ortho intramolecular Hbond substituents is 2. The Labute approximate surface area is 178 Å². The normalized spacial score (nSPS) is 9.70. The monoisotopic (exact) mass is 388 g/mol. The van der Waals surface area contributed by atoms with Crippen molar-refractivity contribution in [3.63, 3.8) is 0 Å². The molecule has 0 spiro atoms. The Morgan fingerprint density at radius 1 is 0.963 bits per heavy atom. The molecule has 146 valence electrons. The third kappa shape index (κ3) is 7.28. The van der Waals surface area contributed by atoms with E-state index in [2.05, 4.69) is 0 Å². The SMILES string of the molecule is COc1cccc(O)c1C(C)(C)O.COc1cccc(O)c1C(C)=O.[CH3-].[H-].[Mg+2]. The molecular formula is C20H28MgO6. The molecule has 7 heteroatoms. The van der Waals surface area contributed by atoms with Crippen LogP contribution in [0.3, 0.4) is 0 Å². The van der Waals surface area contributed by atoms with E-state index in [0.29, 0.717) is 17.1 Å². The van der Waals surface area contributed by atoms with Crippen LogP contribution in [0.25, 0.3) is 0 Å². The van der Waals surface area contributed by atoms with E-state index >= 15 is 0 Å². The van der Waals surface area contributed by atoms with Gasteiger partial charge < -0.3 is 33.6 Å². The van der Waals surface area contributed by atoms with Gasteiger partial charge in [-0.2, -0.15) is 0 Å². The van der Waals surface area contributed by atoms with Gasteiger partial charge in [0.2, 0.25) is 0 Å². The van der Waals surface area contributed by atoms with E-state index in [-0.39, 0.29) is 54.8 Å². The van der Waals surface area contributed by atoms with Gasteiger partial charge in [0.1, 0.15) is 28.6 Å². The van der Waals surface area contributed by atoms with Crippen molar-refractivity contribution in [2.75, 3.05) is 14.2 Å². The summed E-state index contributed by atoms with van der Waals surface area (Å²) in [6, 6.07) is 9.61. The fourth-order valence-electron chi connectivity index (χ4n) is 2.35. The quantitative estimate of drug-likeness (QED) is 0.422. The predicted molar refractivity (Wildman–Crippen MR) is 108 cm³/mol. The summed E-state index contributed by atoms with van der Waals surface area (Å²) in [5.74, 6) is 0.702. The van der Waals surface area contributed by atoms with Crippen molar-refractivity contribution in [1.82, 2.24) is 0 Å². The van der Waals surface area contributed by atoms with Gasteiger partial charge in [-0.05, 0) is 45.0 Å². The number of aromatic hydroxyl groups is 2. The van der Waals surface area contributed by atoms with E-state index in [9.17, 15) is 20.1 Å². The minimum Gasteiger partial charge on any atom is -1.00 e. The summed E-state index contributed by atoms with van der Waals surface area (Å²) in [5, 5.41) is 28.6. The summed E-state index contributed by atoms with van der Waals surface area (Å²) in [7, 11) is 2.96. The molecule has 0 unspecified atom stereocenters. The first kappa shape index (κ1) is 27.3. The van der Waals surface area contributed by atoms with E-state index in [1.165, 1.54) is 33.3 Å². The molecule has 3 N–H and O–H groups in total. The molecule has 0 saturated heterocycles. The van der Waals surface area contributed by atoms with Crippen LogP contribution in [0.2, 0.25) is 0 Å². The van der Waals surface area contributed by atoms with Crippen LogP contribution in [0, 0.1) is 7.43 Å². The van der Waals surface area contributed by atoms with Gasteiger partial charge in [0.15, 0.2) is 5.78 Å². The molecule has 0 heterocycles. The molecule has 0 aliphatic heterocycles. The van der Waals surface area contributed by atoms with Crippen LogP contribution >= 0.6 is 0 Å². The Kier molecular flexibility index (Phi) is 11.8. The molecule has 0 aromatic heterocycles. The summed E-state index contributed by atoms with van der Waals surface area (Å²) in [5.41, 5.74) is -0.450. The summed E-state index contributed by atoms with van der Waals surface area (Å²) >= 11 is 0. The molecule has 0 radical (unpaired) electrons. The van der Waals surface area contributed by atoms with Crippen molar-refractivity contribution >= 4 is 28.8 Å². The zero-order chi connectivity index (χ0) is 19.2. The molecule has 0 saturated carbocycles. The summed E-state index contributed by atoms with van der Waals surface area (Å²) in [6.45, 7) is 4.59. The molecule has 6 nitrogen and oxygen atoms in total. The second-order valence-corrected chi connectivity index (χ2v) is 5.82. The first-order valence-electron chi connectivity index (χ1n) is 7.59. The third-order valence-electron chi connectivity index (χ3n) is 3.41. The number of carbonyl (C=O) groups excluding carboxylic acids is 1. The first-order valence-corrected chi connectivity index (χ1v) is 7.59. The zero-order valence-electron chi connectivity index (χ0n) is 17.7. The van der Waals surface area contributed by atoms with Gasteiger partial charge >= 0.3 is 23.1 Å². The minimum atomic E-state index is -1.10. The Balaban J connectivity index is -0.000000404. The van der Waals surface area contributed by atoms with Crippen LogP contribution in [0.15, 0.2) is 36.4 Å². The number of phenols is 2. The third-order valence-corrected chi connectivity index (χ3v) is 3.41. The fraction of sp³-hybridized carbons (Fsp3) is 0.300. The number of hydrogen-bond donors (Lipinski definition) is 3. The topological polar surface area (TPSA) is 96.2 Å². The van der Waals surface area contributed by atoms with Crippen LogP contribution in [0.1, 0.15) is 38.1 Å². The van der Waals surface area contributed by atoms with E-state index in [1.54, 1.807) is 38.1 Å². The van der Waals surface area contributed by atoms with Crippen molar-refractivity contribution in [2.24, 2.45) is 0 Å². The van der Waals surface area contributed by atoms with Crippen molar-refractivity contribution in [1.29, 1.82) is 0 Å². The zero-order valence-corrected chi connectivity index (χ0v) is 18.2. The Morgan fingerprint density at radius 2 is 1.41 bits per heavy atom. The molecule has 0 bridgehead atoms. The van der Waals surface area contributed by atoms with Crippen molar-refractivity contribution in [2.45, 2.75) is 26.4 Å². The number of carbonyl (C=O) groups is 1. The van der Waals surface area contributed by atoms with Crippen LogP contribution in [-0.4, -0.2) is 58.4 Å². The van der Waals surface area contributed by atoms with Gasteiger partial charge in [0.05, 0.1) is 25.4 Å². The predicted octanol–water partition coefficient (Wildman–Crippen LogP) is 3.41. The van der Waals surface area contributed by atoms with Crippen molar-refractivity contribution in [3.05, 3.63) is 55.0 Å². The van der Waals surface area contributed by atoms with Crippen LogP contribution in [0.5, 0.6) is 23.0 Å². The average molecular weight is 389 g/mol. The molecule has 0 aliphatic carbocycles. The molecule has 27 heavy (non-hydrogen) atoms.